The van der Waals surface area contributed by atoms with E-state index < -0.39 is 11.7 Å². The van der Waals surface area contributed by atoms with E-state index in [1.165, 1.54) is 37.4 Å². The summed E-state index contributed by atoms with van der Waals surface area (Å²) in [4.78, 5) is 12.0. The van der Waals surface area contributed by atoms with Crippen LogP contribution in [-0.2, 0) is 0 Å². The molecule has 1 amide bonds. The van der Waals surface area contributed by atoms with Crippen LogP contribution < -0.4 is 15.8 Å². The summed E-state index contributed by atoms with van der Waals surface area (Å²) >= 11 is 5.78. The summed E-state index contributed by atoms with van der Waals surface area (Å²) < 4.78 is 18.3. The van der Waals surface area contributed by atoms with Gasteiger partial charge in [0.25, 0.3) is 5.91 Å². The first-order valence-corrected chi connectivity index (χ1v) is 6.09. The normalized spacial score (nSPS) is 10.2. The number of carbonyl (C=O) groups is 1. The van der Waals surface area contributed by atoms with Gasteiger partial charge in [-0.1, -0.05) is 11.6 Å². The number of amides is 1. The molecule has 0 bridgehead atoms. The molecule has 0 radical (unpaired) electrons. The van der Waals surface area contributed by atoms with Gasteiger partial charge in [-0.25, -0.2) is 4.39 Å². The van der Waals surface area contributed by atoms with Crippen LogP contribution in [0.2, 0.25) is 5.02 Å². The van der Waals surface area contributed by atoms with Crippen LogP contribution in [0.5, 0.6) is 5.75 Å². The highest BCUT2D eigenvalue weighted by Crippen LogP contribution is 2.23. The predicted octanol–water partition coefficient (Wildman–Crippen LogP) is 3.32. The second-order valence-electron chi connectivity index (χ2n) is 4.04. The van der Waals surface area contributed by atoms with Crippen molar-refractivity contribution in [2.24, 2.45) is 0 Å². The van der Waals surface area contributed by atoms with Crippen LogP contribution in [0, 0.1) is 5.82 Å². The van der Waals surface area contributed by atoms with Crippen LogP contribution in [0.25, 0.3) is 0 Å². The van der Waals surface area contributed by atoms with Crippen LogP contribution in [0.15, 0.2) is 36.4 Å². The summed E-state index contributed by atoms with van der Waals surface area (Å²) in [5.74, 6) is -0.849. The van der Waals surface area contributed by atoms with Crippen LogP contribution in [-0.4, -0.2) is 13.0 Å². The van der Waals surface area contributed by atoms with Gasteiger partial charge in [0.15, 0.2) is 11.6 Å². The Morgan fingerprint density at radius 1 is 1.30 bits per heavy atom. The molecule has 0 aromatic heterocycles. The standard InChI is InChI=1S/C14H12ClFN2O2/c1-20-13-5-3-9(7-11(13)16)18-14(19)8-2-4-10(15)12(17)6-8/h2-7H,17H2,1H3,(H,18,19). The summed E-state index contributed by atoms with van der Waals surface area (Å²) in [6, 6.07) is 8.67. The lowest BCUT2D eigenvalue weighted by Gasteiger charge is -2.08. The van der Waals surface area contributed by atoms with Crippen molar-refractivity contribution in [3.63, 3.8) is 0 Å². The summed E-state index contributed by atoms with van der Waals surface area (Å²) in [6.45, 7) is 0. The minimum Gasteiger partial charge on any atom is -0.494 e. The lowest BCUT2D eigenvalue weighted by atomic mass is 10.2. The molecule has 4 nitrogen and oxygen atoms in total. The molecule has 0 aliphatic rings. The molecule has 2 aromatic rings. The number of methoxy groups -OCH3 is 1. The van der Waals surface area contributed by atoms with Crippen molar-refractivity contribution in [2.45, 2.75) is 0 Å². The maximum absolute atomic E-state index is 13.5. The van der Waals surface area contributed by atoms with E-state index in [-0.39, 0.29) is 5.75 Å². The molecule has 0 atom stereocenters. The Kier molecular flexibility index (Phi) is 4.10. The van der Waals surface area contributed by atoms with Crippen LogP contribution >= 0.6 is 11.6 Å². The molecule has 0 heterocycles. The number of ether oxygens (including phenoxy) is 1. The Morgan fingerprint density at radius 2 is 2.05 bits per heavy atom. The molecule has 2 aromatic carbocycles. The van der Waals surface area contributed by atoms with Gasteiger partial charge < -0.3 is 15.8 Å². The van der Waals surface area contributed by atoms with E-state index in [2.05, 4.69) is 5.32 Å². The third-order valence-electron chi connectivity index (χ3n) is 2.67. The van der Waals surface area contributed by atoms with E-state index in [1.54, 1.807) is 6.07 Å². The first-order valence-electron chi connectivity index (χ1n) is 5.71. The van der Waals surface area contributed by atoms with E-state index >= 15 is 0 Å². The number of hydrogen-bond donors (Lipinski definition) is 2. The number of nitrogens with two attached hydrogens (primary N) is 1. The van der Waals surface area contributed by atoms with Gasteiger partial charge >= 0.3 is 0 Å². The molecule has 0 fully saturated rings. The number of nitrogen functional groups attached to an aromatic ring is 1. The molecule has 0 aliphatic heterocycles. The van der Waals surface area contributed by atoms with Crippen LogP contribution in [0.1, 0.15) is 10.4 Å². The van der Waals surface area contributed by atoms with Crippen molar-refractivity contribution >= 4 is 28.9 Å². The largest absolute Gasteiger partial charge is 0.494 e. The molecule has 0 spiro atoms. The number of benzene rings is 2. The molecule has 6 heteroatoms. The van der Waals surface area contributed by atoms with Gasteiger partial charge in [0.2, 0.25) is 0 Å². The van der Waals surface area contributed by atoms with Crippen molar-refractivity contribution in [3.05, 3.63) is 52.8 Å². The van der Waals surface area contributed by atoms with Gasteiger partial charge in [-0.05, 0) is 30.3 Å². The zero-order valence-corrected chi connectivity index (χ0v) is 11.4. The molecule has 0 saturated heterocycles. The highest BCUT2D eigenvalue weighted by atomic mass is 35.5. The van der Waals surface area contributed by atoms with Crippen molar-refractivity contribution in [1.82, 2.24) is 0 Å². The molecular formula is C14H12ClFN2O2. The van der Waals surface area contributed by atoms with E-state index in [4.69, 9.17) is 22.1 Å². The Bertz CT molecular complexity index is 662. The summed E-state index contributed by atoms with van der Waals surface area (Å²) in [5.41, 5.74) is 6.59. The van der Waals surface area contributed by atoms with E-state index in [9.17, 15) is 9.18 Å². The third kappa shape index (κ3) is 3.00. The number of anilines is 2. The Morgan fingerprint density at radius 3 is 2.65 bits per heavy atom. The van der Waals surface area contributed by atoms with Crippen molar-refractivity contribution in [2.75, 3.05) is 18.2 Å². The smallest absolute Gasteiger partial charge is 0.255 e. The minimum absolute atomic E-state index is 0.110. The molecule has 104 valence electrons. The number of carbonyl (C=O) groups excluding carboxylic acids is 1. The highest BCUT2D eigenvalue weighted by molar-refractivity contribution is 6.33. The van der Waals surface area contributed by atoms with E-state index in [0.717, 1.165) is 0 Å². The lowest BCUT2D eigenvalue weighted by Crippen LogP contribution is -2.12. The maximum atomic E-state index is 13.5. The number of nitrogens with one attached hydrogen (secondary N) is 1. The van der Waals surface area contributed by atoms with Crippen molar-refractivity contribution in [1.29, 1.82) is 0 Å². The van der Waals surface area contributed by atoms with Crippen molar-refractivity contribution < 1.29 is 13.9 Å². The summed E-state index contributed by atoms with van der Waals surface area (Å²) in [7, 11) is 1.37. The van der Waals surface area contributed by atoms with Gasteiger partial charge in [0.05, 0.1) is 17.8 Å². The molecule has 0 saturated carbocycles. The summed E-state index contributed by atoms with van der Waals surface area (Å²) in [5, 5.41) is 2.94. The number of rotatable bonds is 3. The molecule has 3 N–H and O–H groups in total. The lowest BCUT2D eigenvalue weighted by molar-refractivity contribution is 0.102. The molecule has 20 heavy (non-hydrogen) atoms. The molecule has 0 unspecified atom stereocenters. The zero-order valence-electron chi connectivity index (χ0n) is 10.6. The van der Waals surface area contributed by atoms with Gasteiger partial charge in [-0.2, -0.15) is 0 Å². The molecule has 0 aliphatic carbocycles. The topological polar surface area (TPSA) is 64.3 Å². The number of hydrogen-bond acceptors (Lipinski definition) is 3. The van der Waals surface area contributed by atoms with Crippen LogP contribution in [0.4, 0.5) is 15.8 Å². The fraction of sp³-hybridized carbons (Fsp3) is 0.0714. The quantitative estimate of drug-likeness (QED) is 0.854. The second kappa shape index (κ2) is 5.79. The average molecular weight is 295 g/mol. The molecule has 2 rings (SSSR count). The van der Waals surface area contributed by atoms with Gasteiger partial charge in [0.1, 0.15) is 0 Å². The zero-order chi connectivity index (χ0) is 14.7. The van der Waals surface area contributed by atoms with Crippen LogP contribution in [0.3, 0.4) is 0 Å². The monoisotopic (exact) mass is 294 g/mol. The Labute approximate surface area is 120 Å². The Balaban J connectivity index is 2.19. The summed E-state index contributed by atoms with van der Waals surface area (Å²) in [6.07, 6.45) is 0. The third-order valence-corrected chi connectivity index (χ3v) is 3.01. The van der Waals surface area contributed by atoms with Crippen molar-refractivity contribution in [3.8, 4) is 5.75 Å². The highest BCUT2D eigenvalue weighted by Gasteiger charge is 2.10. The predicted molar refractivity (Wildman–Crippen MR) is 76.8 cm³/mol. The molecular weight excluding hydrogens is 283 g/mol. The average Bonchev–Trinajstić information content (AvgIpc) is 2.42. The van der Waals surface area contributed by atoms with Gasteiger partial charge in [0, 0.05) is 17.3 Å². The minimum atomic E-state index is -0.555. The first kappa shape index (κ1) is 14.1. The van der Waals surface area contributed by atoms with E-state index in [1.807, 2.05) is 0 Å². The SMILES string of the molecule is COc1ccc(NC(=O)c2ccc(Cl)c(N)c2)cc1F. The van der Waals surface area contributed by atoms with E-state index in [0.29, 0.717) is 22.0 Å². The fourth-order valence-electron chi connectivity index (χ4n) is 1.63. The van der Waals surface area contributed by atoms with Gasteiger partial charge in [-0.15, -0.1) is 0 Å². The fourth-order valence-corrected chi connectivity index (χ4v) is 1.75. The Hall–Kier alpha value is -2.27. The van der Waals surface area contributed by atoms with Gasteiger partial charge in [-0.3, -0.25) is 4.79 Å². The first-order chi connectivity index (χ1) is 9.51. The second-order valence-corrected chi connectivity index (χ2v) is 4.45. The number of halogens is 2. The maximum Gasteiger partial charge on any atom is 0.255 e.